The molecule has 6 nitrogen and oxygen atoms in total. The maximum Gasteiger partial charge on any atom is 0.323 e. The zero-order chi connectivity index (χ0) is 15.1. The summed E-state index contributed by atoms with van der Waals surface area (Å²) < 4.78 is 5.44. The number of furan rings is 1. The van der Waals surface area contributed by atoms with Gasteiger partial charge in [-0.2, -0.15) is 11.8 Å². The number of carboxylic acid groups (broad SMARTS) is 1. The predicted octanol–water partition coefficient (Wildman–Crippen LogP) is 1.23. The summed E-state index contributed by atoms with van der Waals surface area (Å²) >= 11 is 1.59. The molecule has 20 heavy (non-hydrogen) atoms. The molecular formula is C13H20N2O4S. The number of likely N-dealkylation sites (N-methyl/N-ethyl adjacent to an activating group) is 1. The van der Waals surface area contributed by atoms with Crippen LogP contribution >= 0.6 is 11.8 Å². The van der Waals surface area contributed by atoms with E-state index in [4.69, 9.17) is 9.52 Å². The third-order valence-corrected chi connectivity index (χ3v) is 3.16. The van der Waals surface area contributed by atoms with Gasteiger partial charge in [0.1, 0.15) is 12.3 Å². The van der Waals surface area contributed by atoms with Gasteiger partial charge in [-0.25, -0.2) is 0 Å². The lowest BCUT2D eigenvalue weighted by molar-refractivity contribution is -0.137. The van der Waals surface area contributed by atoms with Crippen molar-refractivity contribution in [3.05, 3.63) is 23.7 Å². The van der Waals surface area contributed by atoms with Crippen molar-refractivity contribution in [1.82, 2.24) is 9.80 Å². The van der Waals surface area contributed by atoms with E-state index in [2.05, 4.69) is 0 Å². The van der Waals surface area contributed by atoms with Crippen molar-refractivity contribution in [3.8, 4) is 0 Å². The van der Waals surface area contributed by atoms with Gasteiger partial charge in [0.15, 0.2) is 5.76 Å². The van der Waals surface area contributed by atoms with Gasteiger partial charge in [0.05, 0.1) is 5.75 Å². The van der Waals surface area contributed by atoms with Crippen LogP contribution in [0.2, 0.25) is 0 Å². The lowest BCUT2D eigenvalue weighted by atomic mass is 10.3. The molecule has 0 atom stereocenters. The average molecular weight is 300 g/mol. The average Bonchev–Trinajstić information content (AvgIpc) is 2.82. The molecule has 0 saturated carbocycles. The number of thioether (sulfide) groups is 1. The zero-order valence-corrected chi connectivity index (χ0v) is 12.8. The molecule has 0 unspecified atom stereocenters. The van der Waals surface area contributed by atoms with Gasteiger partial charge in [0.25, 0.3) is 5.91 Å². The third-order valence-electron chi connectivity index (χ3n) is 2.59. The summed E-state index contributed by atoms with van der Waals surface area (Å²) in [5, 5.41) is 8.89. The van der Waals surface area contributed by atoms with Gasteiger partial charge in [-0.15, -0.1) is 0 Å². The maximum atomic E-state index is 12.3. The highest BCUT2D eigenvalue weighted by Crippen LogP contribution is 2.15. The monoisotopic (exact) mass is 300 g/mol. The maximum absolute atomic E-state index is 12.3. The summed E-state index contributed by atoms with van der Waals surface area (Å²) in [6.45, 7) is 0.610. The molecule has 0 saturated heterocycles. The third kappa shape index (κ3) is 5.26. The van der Waals surface area contributed by atoms with Crippen LogP contribution in [0.25, 0.3) is 0 Å². The van der Waals surface area contributed by atoms with Crippen LogP contribution in [0.4, 0.5) is 0 Å². The largest absolute Gasteiger partial charge is 0.480 e. The van der Waals surface area contributed by atoms with Gasteiger partial charge >= 0.3 is 5.97 Å². The second-order valence-corrected chi connectivity index (χ2v) is 5.49. The number of carboxylic acids is 1. The highest BCUT2D eigenvalue weighted by atomic mass is 32.2. The molecule has 0 aliphatic carbocycles. The first-order chi connectivity index (χ1) is 9.43. The molecule has 0 aliphatic heterocycles. The number of rotatable bonds is 8. The van der Waals surface area contributed by atoms with Crippen LogP contribution in [0.3, 0.4) is 0 Å². The Morgan fingerprint density at radius 3 is 2.55 bits per heavy atom. The molecule has 0 fully saturated rings. The Bertz CT molecular complexity index is 459. The Morgan fingerprint density at radius 1 is 1.30 bits per heavy atom. The van der Waals surface area contributed by atoms with E-state index in [1.54, 1.807) is 23.9 Å². The van der Waals surface area contributed by atoms with Crippen LogP contribution in [0.15, 0.2) is 16.5 Å². The fourth-order valence-corrected chi connectivity index (χ4v) is 2.04. The molecule has 7 heteroatoms. The second-order valence-electron chi connectivity index (χ2n) is 4.62. The van der Waals surface area contributed by atoms with Crippen molar-refractivity contribution in [3.63, 3.8) is 0 Å². The minimum atomic E-state index is -1.03. The first-order valence-electron chi connectivity index (χ1n) is 6.17. The lowest BCUT2D eigenvalue weighted by Crippen LogP contribution is -2.39. The van der Waals surface area contributed by atoms with Crippen LogP contribution in [-0.4, -0.2) is 66.8 Å². The van der Waals surface area contributed by atoms with Crippen LogP contribution in [0.1, 0.15) is 16.3 Å². The lowest BCUT2D eigenvalue weighted by Gasteiger charge is -2.21. The van der Waals surface area contributed by atoms with Crippen molar-refractivity contribution < 1.29 is 19.1 Å². The van der Waals surface area contributed by atoms with E-state index in [0.29, 0.717) is 24.6 Å². The summed E-state index contributed by atoms with van der Waals surface area (Å²) in [4.78, 5) is 26.3. The standard InChI is InChI=1S/C13H20N2O4S/c1-14(2)6-7-15(8-12(16)17)13(18)11-5-4-10(19-11)9-20-3/h4-5H,6-9H2,1-3H3,(H,16,17). The Balaban J connectivity index is 2.76. The molecular weight excluding hydrogens is 280 g/mol. The zero-order valence-electron chi connectivity index (χ0n) is 12.0. The first-order valence-corrected chi connectivity index (χ1v) is 7.57. The van der Waals surface area contributed by atoms with E-state index < -0.39 is 5.97 Å². The highest BCUT2D eigenvalue weighted by molar-refractivity contribution is 7.97. The molecule has 1 aromatic rings. The van der Waals surface area contributed by atoms with E-state index in [1.807, 2.05) is 25.3 Å². The smallest absolute Gasteiger partial charge is 0.323 e. The normalized spacial score (nSPS) is 10.8. The minimum absolute atomic E-state index is 0.189. The topological polar surface area (TPSA) is 74.0 Å². The number of carbonyl (C=O) groups is 2. The summed E-state index contributed by atoms with van der Waals surface area (Å²) in [7, 11) is 3.74. The van der Waals surface area contributed by atoms with E-state index in [0.717, 1.165) is 0 Å². The molecule has 1 heterocycles. The van der Waals surface area contributed by atoms with Crippen molar-refractivity contribution in [2.45, 2.75) is 5.75 Å². The second kappa shape index (κ2) is 7.96. The molecule has 0 aromatic carbocycles. The number of hydrogen-bond acceptors (Lipinski definition) is 5. The van der Waals surface area contributed by atoms with Gasteiger partial charge in [0, 0.05) is 13.1 Å². The Hall–Kier alpha value is -1.47. The van der Waals surface area contributed by atoms with Crippen LogP contribution in [0, 0.1) is 0 Å². The fourth-order valence-electron chi connectivity index (χ4n) is 1.60. The molecule has 1 amide bonds. The number of hydrogen-bond donors (Lipinski definition) is 1. The quantitative estimate of drug-likeness (QED) is 0.778. The van der Waals surface area contributed by atoms with Gasteiger partial charge < -0.3 is 19.3 Å². The number of carbonyl (C=O) groups excluding carboxylic acids is 1. The van der Waals surface area contributed by atoms with E-state index in [9.17, 15) is 9.59 Å². The Kier molecular flexibility index (Phi) is 6.60. The Morgan fingerprint density at radius 2 is 2.00 bits per heavy atom. The van der Waals surface area contributed by atoms with Crippen LogP contribution in [0.5, 0.6) is 0 Å². The predicted molar refractivity (Wildman–Crippen MR) is 78.0 cm³/mol. The van der Waals surface area contributed by atoms with E-state index >= 15 is 0 Å². The van der Waals surface area contributed by atoms with Crippen LogP contribution < -0.4 is 0 Å². The van der Waals surface area contributed by atoms with Crippen LogP contribution in [-0.2, 0) is 10.5 Å². The molecule has 1 rings (SSSR count). The highest BCUT2D eigenvalue weighted by Gasteiger charge is 2.21. The van der Waals surface area contributed by atoms with Crippen molar-refractivity contribution in [2.24, 2.45) is 0 Å². The number of amides is 1. The molecule has 0 spiro atoms. The van der Waals surface area contributed by atoms with Gasteiger partial charge in [-0.05, 0) is 32.5 Å². The molecule has 0 bridgehead atoms. The van der Waals surface area contributed by atoms with Gasteiger partial charge in [0.2, 0.25) is 0 Å². The Labute approximate surface area is 122 Å². The molecule has 1 aromatic heterocycles. The molecule has 1 N–H and O–H groups in total. The SMILES string of the molecule is CSCc1ccc(C(=O)N(CCN(C)C)CC(=O)O)o1. The summed E-state index contributed by atoms with van der Waals surface area (Å²) in [6, 6.07) is 3.34. The van der Waals surface area contributed by atoms with Crippen molar-refractivity contribution >= 4 is 23.6 Å². The van der Waals surface area contributed by atoms with E-state index in [1.165, 1.54) is 4.90 Å². The van der Waals surface area contributed by atoms with Gasteiger partial charge in [-0.1, -0.05) is 0 Å². The minimum Gasteiger partial charge on any atom is -0.480 e. The molecule has 0 radical (unpaired) electrons. The summed E-state index contributed by atoms with van der Waals surface area (Å²) in [6.07, 6.45) is 1.94. The van der Waals surface area contributed by atoms with Crippen molar-refractivity contribution in [2.75, 3.05) is 40.0 Å². The number of nitrogens with zero attached hydrogens (tertiary/aromatic N) is 2. The van der Waals surface area contributed by atoms with Gasteiger partial charge in [-0.3, -0.25) is 9.59 Å². The number of aliphatic carboxylic acids is 1. The summed E-state index contributed by atoms with van der Waals surface area (Å²) in [5.41, 5.74) is 0. The fraction of sp³-hybridized carbons (Fsp3) is 0.538. The molecule has 0 aliphatic rings. The first kappa shape index (κ1) is 16.6. The summed E-state index contributed by atoms with van der Waals surface area (Å²) in [5.74, 6) is 0.164. The van der Waals surface area contributed by atoms with Crippen molar-refractivity contribution in [1.29, 1.82) is 0 Å². The van der Waals surface area contributed by atoms with E-state index in [-0.39, 0.29) is 18.2 Å². The molecule has 112 valence electrons.